The number of anilines is 3. The molecule has 2 heteroatoms. The first-order chi connectivity index (χ1) is 31.3. The summed E-state index contributed by atoms with van der Waals surface area (Å²) in [5.41, 5.74) is 21.7. The number of nitrogens with zero attached hydrogens (tertiary/aromatic N) is 2. The van der Waals surface area contributed by atoms with Crippen LogP contribution in [-0.2, 0) is 5.41 Å². The number of fused-ring (bicyclic) bond motifs is 12. The normalized spacial score (nSPS) is 14.4. The van der Waals surface area contributed by atoms with Crippen molar-refractivity contribution in [1.82, 2.24) is 4.57 Å². The molecule has 10 aromatic carbocycles. The van der Waals surface area contributed by atoms with Crippen LogP contribution in [-0.4, -0.2) is 4.57 Å². The molecule has 1 spiro atoms. The van der Waals surface area contributed by atoms with E-state index in [2.05, 4.69) is 252 Å². The summed E-state index contributed by atoms with van der Waals surface area (Å²) in [6.45, 7) is 0. The van der Waals surface area contributed by atoms with E-state index in [1.54, 1.807) is 0 Å². The van der Waals surface area contributed by atoms with Gasteiger partial charge in [-0.15, -0.1) is 0 Å². The molecule has 1 unspecified atom stereocenters. The van der Waals surface area contributed by atoms with Crippen molar-refractivity contribution in [1.29, 1.82) is 0 Å². The van der Waals surface area contributed by atoms with Gasteiger partial charge in [-0.25, -0.2) is 0 Å². The Kier molecular flexibility index (Phi) is 7.85. The largest absolute Gasteiger partial charge is 0.310 e. The van der Waals surface area contributed by atoms with E-state index in [0.29, 0.717) is 0 Å². The van der Waals surface area contributed by atoms with E-state index >= 15 is 0 Å². The lowest BCUT2D eigenvalue weighted by atomic mass is 9.65. The molecule has 0 fully saturated rings. The lowest BCUT2D eigenvalue weighted by molar-refractivity contribution is 0.749. The van der Waals surface area contributed by atoms with Gasteiger partial charge in [0.25, 0.3) is 0 Å². The summed E-state index contributed by atoms with van der Waals surface area (Å²) < 4.78 is 2.52. The Hall–Kier alpha value is -8.20. The second-order valence-electron chi connectivity index (χ2n) is 16.8. The average molecular weight is 801 g/mol. The molecule has 1 atom stereocenters. The predicted molar refractivity (Wildman–Crippen MR) is 263 cm³/mol. The van der Waals surface area contributed by atoms with E-state index in [-0.39, 0.29) is 0 Å². The van der Waals surface area contributed by atoms with Crippen LogP contribution in [0.2, 0.25) is 0 Å². The first-order valence-electron chi connectivity index (χ1n) is 21.8. The molecular formula is C61H40N2. The molecule has 2 aliphatic rings. The van der Waals surface area contributed by atoms with Gasteiger partial charge < -0.3 is 9.47 Å². The highest BCUT2D eigenvalue weighted by Crippen LogP contribution is 2.61. The van der Waals surface area contributed by atoms with Gasteiger partial charge in [-0.2, -0.15) is 0 Å². The maximum atomic E-state index is 2.52. The molecule has 11 aromatic rings. The number of para-hydroxylation sites is 4. The van der Waals surface area contributed by atoms with Crippen molar-refractivity contribution in [2.75, 3.05) is 4.90 Å². The minimum atomic E-state index is -0.507. The highest BCUT2D eigenvalue weighted by atomic mass is 15.1. The van der Waals surface area contributed by atoms with Gasteiger partial charge in [0.05, 0.1) is 22.1 Å². The van der Waals surface area contributed by atoms with Crippen molar-refractivity contribution >= 4 is 38.9 Å². The van der Waals surface area contributed by atoms with Crippen molar-refractivity contribution in [3.8, 4) is 50.2 Å². The van der Waals surface area contributed by atoms with Gasteiger partial charge in [-0.1, -0.05) is 188 Å². The van der Waals surface area contributed by atoms with E-state index in [1.165, 1.54) is 94.3 Å². The molecule has 13 rings (SSSR count). The minimum Gasteiger partial charge on any atom is -0.310 e. The van der Waals surface area contributed by atoms with Crippen molar-refractivity contribution in [2.24, 2.45) is 0 Å². The second kappa shape index (κ2) is 13.9. The molecule has 2 heterocycles. The van der Waals surface area contributed by atoms with Gasteiger partial charge >= 0.3 is 0 Å². The van der Waals surface area contributed by atoms with E-state index < -0.39 is 5.41 Å². The maximum absolute atomic E-state index is 2.52. The number of aromatic nitrogens is 1. The van der Waals surface area contributed by atoms with Crippen LogP contribution in [0.15, 0.2) is 243 Å². The quantitative estimate of drug-likeness (QED) is 0.163. The smallest absolute Gasteiger partial charge is 0.0754 e. The third-order valence-corrected chi connectivity index (χ3v) is 13.6. The maximum Gasteiger partial charge on any atom is 0.0754 e. The molecule has 0 bridgehead atoms. The fraction of sp³-hybridized carbons (Fsp3) is 0.0164. The first-order valence-corrected chi connectivity index (χ1v) is 21.8. The molecule has 1 aliphatic carbocycles. The minimum absolute atomic E-state index is 0.507. The standard InChI is InChI=1S/C61H40N2/c1-3-18-41(19-4-1)48-26-7-8-27-49(48)44-21-16-25-47(39-44)62(45-22-5-2-6-23-45)46-24-15-20-42(38-46)43-36-37-51-50-28-9-11-31-54(50)61(57(51)40-43)55-32-12-14-35-59(55)63-58-34-13-10-29-52(58)53-30-17-33-56(61)60(53)63/h1-40H. The summed E-state index contributed by atoms with van der Waals surface area (Å²) in [4.78, 5) is 2.39. The molecule has 0 radical (unpaired) electrons. The van der Waals surface area contributed by atoms with Crippen LogP contribution in [0.25, 0.3) is 72.0 Å². The Morgan fingerprint density at radius 2 is 0.825 bits per heavy atom. The topological polar surface area (TPSA) is 8.17 Å². The lowest BCUT2D eigenvalue weighted by Crippen LogP contribution is -2.33. The SMILES string of the molecule is c1ccc(-c2ccccc2-c2cccc(N(c3ccccc3)c3cccc(-c4ccc5c(c4)C4(c6ccccc6-5)c5ccccc5-n5c6ccccc6c6cccc4c65)c3)c2)cc1. The average Bonchev–Trinajstić information content (AvgIpc) is 3.85. The molecule has 63 heavy (non-hydrogen) atoms. The van der Waals surface area contributed by atoms with Crippen LogP contribution in [0.1, 0.15) is 22.3 Å². The fourth-order valence-electron chi connectivity index (χ4n) is 11.0. The molecule has 1 aliphatic heterocycles. The summed E-state index contributed by atoms with van der Waals surface area (Å²) >= 11 is 0. The molecule has 0 N–H and O–H groups in total. The Balaban J connectivity index is 0.994. The van der Waals surface area contributed by atoms with Crippen molar-refractivity contribution < 1.29 is 0 Å². The predicted octanol–water partition coefficient (Wildman–Crippen LogP) is 15.9. The van der Waals surface area contributed by atoms with E-state index in [1.807, 2.05) is 0 Å². The molecule has 0 saturated carbocycles. The van der Waals surface area contributed by atoms with Crippen molar-refractivity contribution in [3.63, 3.8) is 0 Å². The van der Waals surface area contributed by atoms with Crippen molar-refractivity contribution in [2.45, 2.75) is 5.41 Å². The molecule has 294 valence electrons. The van der Waals surface area contributed by atoms with Crippen LogP contribution in [0, 0.1) is 0 Å². The zero-order valence-corrected chi connectivity index (χ0v) is 34.5. The zero-order valence-electron chi connectivity index (χ0n) is 34.5. The zero-order chi connectivity index (χ0) is 41.5. The Morgan fingerprint density at radius 3 is 1.63 bits per heavy atom. The van der Waals surface area contributed by atoms with Crippen LogP contribution in [0.3, 0.4) is 0 Å². The Bertz CT molecular complexity index is 3580. The fourth-order valence-corrected chi connectivity index (χ4v) is 11.0. The van der Waals surface area contributed by atoms with Crippen LogP contribution < -0.4 is 4.90 Å². The summed E-state index contributed by atoms with van der Waals surface area (Å²) in [6.07, 6.45) is 0. The van der Waals surface area contributed by atoms with Crippen LogP contribution >= 0.6 is 0 Å². The monoisotopic (exact) mass is 800 g/mol. The molecule has 0 saturated heterocycles. The second-order valence-corrected chi connectivity index (χ2v) is 16.8. The number of hydrogen-bond acceptors (Lipinski definition) is 1. The van der Waals surface area contributed by atoms with Gasteiger partial charge in [0.2, 0.25) is 0 Å². The van der Waals surface area contributed by atoms with Gasteiger partial charge in [0.15, 0.2) is 0 Å². The third-order valence-electron chi connectivity index (χ3n) is 13.6. The summed E-state index contributed by atoms with van der Waals surface area (Å²) in [5.74, 6) is 0. The van der Waals surface area contributed by atoms with Crippen LogP contribution in [0.4, 0.5) is 17.1 Å². The number of rotatable bonds is 6. The van der Waals surface area contributed by atoms with E-state index in [0.717, 1.165) is 17.1 Å². The highest BCUT2D eigenvalue weighted by molar-refractivity contribution is 6.13. The van der Waals surface area contributed by atoms with Gasteiger partial charge in [-0.3, -0.25) is 0 Å². The van der Waals surface area contributed by atoms with Crippen LogP contribution in [0.5, 0.6) is 0 Å². The Labute approximate surface area is 367 Å². The highest BCUT2D eigenvalue weighted by Gasteiger charge is 2.50. The van der Waals surface area contributed by atoms with E-state index in [9.17, 15) is 0 Å². The first kappa shape index (κ1) is 35.5. The summed E-state index contributed by atoms with van der Waals surface area (Å²) in [6, 6.07) is 89.5. The third kappa shape index (κ3) is 5.19. The van der Waals surface area contributed by atoms with Gasteiger partial charge in [-0.05, 0) is 121 Å². The molecule has 0 amide bonds. The molecule has 1 aromatic heterocycles. The lowest BCUT2D eigenvalue weighted by Gasteiger charge is -2.39. The van der Waals surface area contributed by atoms with Gasteiger partial charge in [0, 0.05) is 27.8 Å². The van der Waals surface area contributed by atoms with Gasteiger partial charge in [0.1, 0.15) is 0 Å². The number of hydrogen-bond donors (Lipinski definition) is 0. The summed E-state index contributed by atoms with van der Waals surface area (Å²) in [7, 11) is 0. The Morgan fingerprint density at radius 1 is 0.302 bits per heavy atom. The van der Waals surface area contributed by atoms with E-state index in [4.69, 9.17) is 0 Å². The van der Waals surface area contributed by atoms with Crippen molar-refractivity contribution in [3.05, 3.63) is 265 Å². The number of benzene rings is 10. The molecule has 2 nitrogen and oxygen atoms in total. The molecular weight excluding hydrogens is 761 g/mol. The summed E-state index contributed by atoms with van der Waals surface area (Å²) in [5, 5.41) is 2.58.